The second-order valence-corrected chi connectivity index (χ2v) is 6.11. The van der Waals surface area contributed by atoms with Crippen LogP contribution in [0.15, 0.2) is 42.5 Å². The van der Waals surface area contributed by atoms with Gasteiger partial charge >= 0.3 is 0 Å². The van der Waals surface area contributed by atoms with Gasteiger partial charge in [0.15, 0.2) is 0 Å². The van der Waals surface area contributed by atoms with Crippen molar-refractivity contribution in [2.24, 2.45) is 0 Å². The largest absolute Gasteiger partial charge is 0.380 e. The molecule has 2 aromatic rings. The number of rotatable bonds is 4. The van der Waals surface area contributed by atoms with Crippen molar-refractivity contribution in [2.75, 3.05) is 5.32 Å². The molecule has 0 heterocycles. The zero-order chi connectivity index (χ0) is 13.2. The Kier molecular flexibility index (Phi) is 3.73. The molecule has 2 aromatic carbocycles. The molecule has 1 fully saturated rings. The van der Waals surface area contributed by atoms with E-state index < -0.39 is 0 Å². The number of hydrogen-bond acceptors (Lipinski definition) is 1. The summed E-state index contributed by atoms with van der Waals surface area (Å²) >= 11 is 2.16. The molecule has 0 amide bonds. The molecule has 0 saturated heterocycles. The third-order valence-corrected chi connectivity index (χ3v) is 4.37. The molecule has 1 nitrogen and oxygen atoms in total. The summed E-state index contributed by atoms with van der Waals surface area (Å²) in [5.74, 6) is 0.568. The molecule has 3 heteroatoms. The van der Waals surface area contributed by atoms with Gasteiger partial charge in [0.25, 0.3) is 0 Å². The van der Waals surface area contributed by atoms with Gasteiger partial charge in [-0.15, -0.1) is 0 Å². The van der Waals surface area contributed by atoms with Crippen LogP contribution in [-0.2, 0) is 6.54 Å². The van der Waals surface area contributed by atoms with E-state index in [1.54, 1.807) is 12.1 Å². The van der Waals surface area contributed by atoms with E-state index in [1.807, 2.05) is 0 Å². The van der Waals surface area contributed by atoms with E-state index in [2.05, 4.69) is 52.2 Å². The summed E-state index contributed by atoms with van der Waals surface area (Å²) in [6, 6.07) is 13.4. The SMILES string of the molecule is Fc1ccc(NCc2ccccc2C2CC2)c(I)c1. The summed E-state index contributed by atoms with van der Waals surface area (Å²) < 4.78 is 14.0. The second-order valence-electron chi connectivity index (χ2n) is 4.95. The fourth-order valence-corrected chi connectivity index (χ4v) is 2.98. The molecule has 0 radical (unpaired) electrons. The van der Waals surface area contributed by atoms with Gasteiger partial charge in [-0.3, -0.25) is 0 Å². The normalized spacial score (nSPS) is 14.4. The fraction of sp³-hybridized carbons (Fsp3) is 0.250. The van der Waals surface area contributed by atoms with Gasteiger partial charge in [0.1, 0.15) is 5.82 Å². The number of benzene rings is 2. The van der Waals surface area contributed by atoms with E-state index in [0.717, 1.165) is 21.7 Å². The van der Waals surface area contributed by atoms with Crippen LogP contribution in [-0.4, -0.2) is 0 Å². The first-order valence-electron chi connectivity index (χ1n) is 6.51. The summed E-state index contributed by atoms with van der Waals surface area (Å²) in [6.45, 7) is 0.800. The molecule has 0 bridgehead atoms. The van der Waals surface area contributed by atoms with E-state index >= 15 is 0 Å². The molecule has 3 rings (SSSR count). The molecule has 1 saturated carbocycles. The molecule has 0 spiro atoms. The van der Waals surface area contributed by atoms with Crippen molar-refractivity contribution in [3.8, 4) is 0 Å². The van der Waals surface area contributed by atoms with E-state index in [-0.39, 0.29) is 5.82 Å². The van der Waals surface area contributed by atoms with Crippen LogP contribution in [0.2, 0.25) is 0 Å². The molecule has 0 aliphatic heterocycles. The van der Waals surface area contributed by atoms with Gasteiger partial charge < -0.3 is 5.32 Å². The van der Waals surface area contributed by atoms with Crippen molar-refractivity contribution < 1.29 is 4.39 Å². The van der Waals surface area contributed by atoms with Gasteiger partial charge in [-0.25, -0.2) is 4.39 Å². The maximum absolute atomic E-state index is 13.1. The maximum atomic E-state index is 13.1. The summed E-state index contributed by atoms with van der Waals surface area (Å²) in [5.41, 5.74) is 3.81. The molecule has 0 unspecified atom stereocenters. The average molecular weight is 367 g/mol. The van der Waals surface area contributed by atoms with Gasteiger partial charge in [-0.2, -0.15) is 0 Å². The van der Waals surface area contributed by atoms with E-state index in [0.29, 0.717) is 0 Å². The summed E-state index contributed by atoms with van der Waals surface area (Å²) in [6.07, 6.45) is 2.62. The molecular formula is C16H15FIN. The Bertz CT molecular complexity index is 593. The van der Waals surface area contributed by atoms with Crippen molar-refractivity contribution in [1.82, 2.24) is 0 Å². The molecule has 0 aromatic heterocycles. The number of hydrogen-bond donors (Lipinski definition) is 1. The van der Waals surface area contributed by atoms with Crippen LogP contribution < -0.4 is 5.32 Å². The monoisotopic (exact) mass is 367 g/mol. The molecule has 19 heavy (non-hydrogen) atoms. The van der Waals surface area contributed by atoms with Crippen LogP contribution in [0.4, 0.5) is 10.1 Å². The smallest absolute Gasteiger partial charge is 0.124 e. The van der Waals surface area contributed by atoms with Crippen molar-refractivity contribution in [1.29, 1.82) is 0 Å². The lowest BCUT2D eigenvalue weighted by atomic mass is 10.0. The van der Waals surface area contributed by atoms with Crippen LogP contribution in [0.25, 0.3) is 0 Å². The van der Waals surface area contributed by atoms with Crippen molar-refractivity contribution in [3.05, 3.63) is 63.0 Å². The molecule has 1 aliphatic rings. The number of nitrogens with one attached hydrogen (secondary N) is 1. The van der Waals surface area contributed by atoms with Gasteiger partial charge in [-0.05, 0) is 70.7 Å². The Hall–Kier alpha value is -1.10. The Morgan fingerprint density at radius 3 is 2.68 bits per heavy atom. The van der Waals surface area contributed by atoms with E-state index in [4.69, 9.17) is 0 Å². The zero-order valence-corrected chi connectivity index (χ0v) is 12.7. The van der Waals surface area contributed by atoms with Crippen LogP contribution in [0, 0.1) is 9.39 Å². The van der Waals surface area contributed by atoms with E-state index in [9.17, 15) is 4.39 Å². The number of anilines is 1. The fourth-order valence-electron chi connectivity index (χ4n) is 2.31. The molecule has 1 N–H and O–H groups in total. The van der Waals surface area contributed by atoms with Crippen LogP contribution in [0.1, 0.15) is 29.9 Å². The van der Waals surface area contributed by atoms with Crippen molar-refractivity contribution in [2.45, 2.75) is 25.3 Å². The lowest BCUT2D eigenvalue weighted by Gasteiger charge is -2.12. The topological polar surface area (TPSA) is 12.0 Å². The molecule has 98 valence electrons. The highest BCUT2D eigenvalue weighted by atomic mass is 127. The lowest BCUT2D eigenvalue weighted by molar-refractivity contribution is 0.627. The first kappa shape index (κ1) is 12.9. The van der Waals surface area contributed by atoms with Gasteiger partial charge in [0.05, 0.1) is 0 Å². The zero-order valence-electron chi connectivity index (χ0n) is 10.5. The highest BCUT2D eigenvalue weighted by Crippen LogP contribution is 2.41. The first-order valence-corrected chi connectivity index (χ1v) is 7.58. The highest BCUT2D eigenvalue weighted by molar-refractivity contribution is 14.1. The van der Waals surface area contributed by atoms with Crippen LogP contribution >= 0.6 is 22.6 Å². The van der Waals surface area contributed by atoms with Gasteiger partial charge in [0, 0.05) is 15.8 Å². The minimum atomic E-state index is -0.187. The highest BCUT2D eigenvalue weighted by Gasteiger charge is 2.25. The minimum absolute atomic E-state index is 0.187. The summed E-state index contributed by atoms with van der Waals surface area (Å²) in [4.78, 5) is 0. The quantitative estimate of drug-likeness (QED) is 0.757. The van der Waals surface area contributed by atoms with Gasteiger partial charge in [-0.1, -0.05) is 24.3 Å². The Morgan fingerprint density at radius 1 is 1.16 bits per heavy atom. The number of halogens is 2. The van der Waals surface area contributed by atoms with Crippen LogP contribution in [0.5, 0.6) is 0 Å². The molecule has 1 aliphatic carbocycles. The van der Waals surface area contributed by atoms with E-state index in [1.165, 1.54) is 30.0 Å². The minimum Gasteiger partial charge on any atom is -0.380 e. The first-order chi connectivity index (χ1) is 9.24. The van der Waals surface area contributed by atoms with Gasteiger partial charge in [0.2, 0.25) is 0 Å². The second kappa shape index (κ2) is 5.49. The summed E-state index contributed by atoms with van der Waals surface area (Å²) in [5, 5.41) is 3.41. The summed E-state index contributed by atoms with van der Waals surface area (Å²) in [7, 11) is 0. The third-order valence-electron chi connectivity index (χ3n) is 3.47. The predicted molar refractivity (Wildman–Crippen MR) is 84.9 cm³/mol. The molecular weight excluding hydrogens is 352 g/mol. The maximum Gasteiger partial charge on any atom is 0.124 e. The standard InChI is InChI=1S/C16H15FIN/c17-13-7-8-16(15(18)9-13)19-10-12-3-1-2-4-14(12)11-5-6-11/h1-4,7-9,11,19H,5-6,10H2. The third kappa shape index (κ3) is 3.08. The van der Waals surface area contributed by atoms with Crippen molar-refractivity contribution in [3.63, 3.8) is 0 Å². The Morgan fingerprint density at radius 2 is 1.95 bits per heavy atom. The lowest BCUT2D eigenvalue weighted by Crippen LogP contribution is -2.03. The van der Waals surface area contributed by atoms with Crippen molar-refractivity contribution >= 4 is 28.3 Å². The molecule has 0 atom stereocenters. The average Bonchev–Trinajstić information content (AvgIpc) is 3.22. The Balaban J connectivity index is 1.75. The Labute approximate surface area is 126 Å². The van der Waals surface area contributed by atoms with Crippen LogP contribution in [0.3, 0.4) is 0 Å². The predicted octanol–water partition coefficient (Wildman–Crippen LogP) is 4.92.